The van der Waals surface area contributed by atoms with E-state index in [1.54, 1.807) is 5.38 Å². The Balaban J connectivity index is 2.68. The van der Waals surface area contributed by atoms with Gasteiger partial charge in [-0.15, -0.1) is 11.3 Å². The first-order chi connectivity index (χ1) is 5.77. The lowest BCUT2D eigenvalue weighted by Crippen LogP contribution is -2.22. The Bertz CT molecular complexity index is 274. The van der Waals surface area contributed by atoms with Crippen LogP contribution in [0, 0.1) is 0 Å². The molecule has 1 aromatic rings. The minimum atomic E-state index is -0.353. The van der Waals surface area contributed by atoms with E-state index in [-0.39, 0.29) is 5.91 Å². The summed E-state index contributed by atoms with van der Waals surface area (Å²) in [6.45, 7) is 0.352. The van der Waals surface area contributed by atoms with Crippen molar-refractivity contribution in [3.8, 4) is 0 Å². The van der Waals surface area contributed by atoms with Crippen LogP contribution in [0.15, 0.2) is 5.38 Å². The second-order valence-electron chi connectivity index (χ2n) is 1.97. The molecule has 5 nitrogen and oxygen atoms in total. The molecular weight excluding hydrogens is 178 g/mol. The summed E-state index contributed by atoms with van der Waals surface area (Å²) >= 11 is 1.35. The number of rotatable bonds is 3. The quantitative estimate of drug-likeness (QED) is 0.647. The van der Waals surface area contributed by atoms with Crippen molar-refractivity contribution in [1.82, 2.24) is 10.5 Å². The Morgan fingerprint density at radius 1 is 1.92 bits per heavy atom. The van der Waals surface area contributed by atoms with Crippen molar-refractivity contribution in [2.24, 2.45) is 5.73 Å². The fraction of sp³-hybridized carbons (Fsp3) is 0.333. The van der Waals surface area contributed by atoms with E-state index in [2.05, 4.69) is 15.3 Å². The van der Waals surface area contributed by atoms with Gasteiger partial charge < -0.3 is 5.73 Å². The van der Waals surface area contributed by atoms with E-state index in [4.69, 9.17) is 5.73 Å². The predicted molar refractivity (Wildman–Crippen MR) is 44.5 cm³/mol. The predicted octanol–water partition coefficient (Wildman–Crippen LogP) is -0.107. The maximum atomic E-state index is 11.0. The van der Waals surface area contributed by atoms with Gasteiger partial charge in [-0.1, -0.05) is 0 Å². The second-order valence-corrected chi connectivity index (χ2v) is 2.91. The van der Waals surface area contributed by atoms with Crippen LogP contribution < -0.4 is 11.2 Å². The summed E-state index contributed by atoms with van der Waals surface area (Å²) in [5.74, 6) is -0.353. The minimum Gasteiger partial charge on any atom is -0.325 e. The Kier molecular flexibility index (Phi) is 3.15. The topological polar surface area (TPSA) is 77.2 Å². The van der Waals surface area contributed by atoms with Crippen molar-refractivity contribution in [2.75, 3.05) is 7.11 Å². The van der Waals surface area contributed by atoms with Crippen LogP contribution >= 0.6 is 11.3 Å². The molecule has 1 rings (SSSR count). The molecule has 12 heavy (non-hydrogen) atoms. The van der Waals surface area contributed by atoms with Gasteiger partial charge >= 0.3 is 0 Å². The molecule has 0 fully saturated rings. The summed E-state index contributed by atoms with van der Waals surface area (Å²) in [5.41, 5.74) is 7.82. The molecule has 6 heteroatoms. The van der Waals surface area contributed by atoms with Crippen LogP contribution in [-0.2, 0) is 11.4 Å². The first-order valence-corrected chi connectivity index (χ1v) is 4.13. The number of nitrogens with one attached hydrogen (secondary N) is 1. The van der Waals surface area contributed by atoms with Gasteiger partial charge in [0, 0.05) is 11.9 Å². The molecule has 0 atom stereocenters. The summed E-state index contributed by atoms with van der Waals surface area (Å²) < 4.78 is 0. The lowest BCUT2D eigenvalue weighted by Gasteiger charge is -1.96. The summed E-state index contributed by atoms with van der Waals surface area (Å²) in [6, 6.07) is 0. The molecule has 0 saturated heterocycles. The van der Waals surface area contributed by atoms with Gasteiger partial charge in [0.25, 0.3) is 5.91 Å². The number of aromatic nitrogens is 1. The third-order valence-electron chi connectivity index (χ3n) is 1.15. The Morgan fingerprint density at radius 3 is 3.17 bits per heavy atom. The van der Waals surface area contributed by atoms with Crippen LogP contribution in [0.25, 0.3) is 0 Å². The molecule has 0 unspecified atom stereocenters. The fourth-order valence-corrected chi connectivity index (χ4v) is 1.31. The lowest BCUT2D eigenvalue weighted by atomic mass is 10.5. The van der Waals surface area contributed by atoms with E-state index in [1.165, 1.54) is 18.4 Å². The summed E-state index contributed by atoms with van der Waals surface area (Å²) in [7, 11) is 1.37. The molecule has 0 spiro atoms. The zero-order valence-electron chi connectivity index (χ0n) is 6.53. The Morgan fingerprint density at radius 2 is 2.67 bits per heavy atom. The van der Waals surface area contributed by atoms with Crippen LogP contribution in [0.1, 0.15) is 15.5 Å². The molecule has 0 bridgehead atoms. The van der Waals surface area contributed by atoms with E-state index in [0.717, 1.165) is 5.01 Å². The fourth-order valence-electron chi connectivity index (χ4n) is 0.654. The molecular formula is C6H9N3O2S. The molecule has 0 aliphatic rings. The molecule has 3 N–H and O–H groups in total. The zero-order valence-corrected chi connectivity index (χ0v) is 7.35. The van der Waals surface area contributed by atoms with Gasteiger partial charge in [-0.25, -0.2) is 10.5 Å². The maximum Gasteiger partial charge on any atom is 0.294 e. The van der Waals surface area contributed by atoms with Gasteiger partial charge in [0.1, 0.15) is 10.7 Å². The van der Waals surface area contributed by atoms with E-state index < -0.39 is 0 Å². The molecule has 1 amide bonds. The van der Waals surface area contributed by atoms with Crippen LogP contribution in [-0.4, -0.2) is 18.0 Å². The average Bonchev–Trinajstić information content (AvgIpc) is 2.52. The molecule has 66 valence electrons. The maximum absolute atomic E-state index is 11.0. The highest BCUT2D eigenvalue weighted by Crippen LogP contribution is 2.08. The Hall–Kier alpha value is -0.980. The smallest absolute Gasteiger partial charge is 0.294 e. The van der Waals surface area contributed by atoms with Crippen LogP contribution in [0.4, 0.5) is 0 Å². The normalized spacial score (nSPS) is 9.83. The van der Waals surface area contributed by atoms with Gasteiger partial charge in [0.2, 0.25) is 0 Å². The molecule has 0 aliphatic carbocycles. The highest BCUT2D eigenvalue weighted by Gasteiger charge is 2.08. The van der Waals surface area contributed by atoms with E-state index in [1.807, 2.05) is 0 Å². The van der Waals surface area contributed by atoms with Crippen molar-refractivity contribution in [3.05, 3.63) is 16.1 Å². The van der Waals surface area contributed by atoms with Crippen molar-refractivity contribution >= 4 is 17.2 Å². The van der Waals surface area contributed by atoms with Gasteiger partial charge in [-0.05, 0) is 0 Å². The molecule has 0 radical (unpaired) electrons. The summed E-state index contributed by atoms with van der Waals surface area (Å²) in [4.78, 5) is 19.4. The Labute approximate surface area is 73.5 Å². The van der Waals surface area contributed by atoms with E-state index in [9.17, 15) is 4.79 Å². The monoisotopic (exact) mass is 187 g/mol. The first kappa shape index (κ1) is 9.11. The van der Waals surface area contributed by atoms with E-state index >= 15 is 0 Å². The number of nitrogens with two attached hydrogens (primary N) is 1. The number of nitrogens with zero attached hydrogens (tertiary/aromatic N) is 1. The molecule has 1 heterocycles. The number of carbonyl (C=O) groups excluding carboxylic acids is 1. The number of amides is 1. The van der Waals surface area contributed by atoms with Crippen molar-refractivity contribution < 1.29 is 9.63 Å². The van der Waals surface area contributed by atoms with Crippen molar-refractivity contribution in [3.63, 3.8) is 0 Å². The standard InChI is InChI=1S/C6H9N3O2S/c1-11-9-6(10)4-3-12-5(2-7)8-4/h3H,2,7H2,1H3,(H,9,10). The number of thiazole rings is 1. The molecule has 0 aliphatic heterocycles. The molecule has 1 aromatic heterocycles. The number of carbonyl (C=O) groups is 1. The van der Waals surface area contributed by atoms with Gasteiger partial charge in [-0.2, -0.15) is 0 Å². The van der Waals surface area contributed by atoms with Crippen LogP contribution in [0.5, 0.6) is 0 Å². The third-order valence-corrected chi connectivity index (χ3v) is 2.02. The summed E-state index contributed by atoms with van der Waals surface area (Å²) in [5, 5.41) is 2.37. The third kappa shape index (κ3) is 2.00. The second kappa shape index (κ2) is 4.15. The van der Waals surface area contributed by atoms with Crippen LogP contribution in [0.2, 0.25) is 0 Å². The van der Waals surface area contributed by atoms with Gasteiger partial charge in [0.05, 0.1) is 7.11 Å². The zero-order chi connectivity index (χ0) is 8.97. The lowest BCUT2D eigenvalue weighted by molar-refractivity contribution is 0.0533. The van der Waals surface area contributed by atoms with Crippen molar-refractivity contribution in [1.29, 1.82) is 0 Å². The molecule has 0 aromatic carbocycles. The first-order valence-electron chi connectivity index (χ1n) is 3.25. The number of hydrogen-bond acceptors (Lipinski definition) is 5. The van der Waals surface area contributed by atoms with E-state index in [0.29, 0.717) is 12.2 Å². The highest BCUT2D eigenvalue weighted by atomic mass is 32.1. The average molecular weight is 187 g/mol. The van der Waals surface area contributed by atoms with Crippen LogP contribution in [0.3, 0.4) is 0 Å². The highest BCUT2D eigenvalue weighted by molar-refractivity contribution is 7.09. The SMILES string of the molecule is CONC(=O)c1csc(CN)n1. The van der Waals surface area contributed by atoms with Gasteiger partial charge in [0.15, 0.2) is 0 Å². The molecule has 0 saturated carbocycles. The largest absolute Gasteiger partial charge is 0.325 e. The van der Waals surface area contributed by atoms with Crippen molar-refractivity contribution in [2.45, 2.75) is 6.54 Å². The summed E-state index contributed by atoms with van der Waals surface area (Å²) in [6.07, 6.45) is 0. The minimum absolute atomic E-state index is 0.335. The van der Waals surface area contributed by atoms with Gasteiger partial charge in [-0.3, -0.25) is 9.63 Å². The number of hydroxylamine groups is 1. The number of hydrogen-bond donors (Lipinski definition) is 2.